The molecule has 4 fully saturated rings. The van der Waals surface area contributed by atoms with Crippen LogP contribution in [0.4, 0.5) is 0 Å². The van der Waals surface area contributed by atoms with Gasteiger partial charge >= 0.3 is 5.97 Å². The largest absolute Gasteiger partial charge is 0.458 e. The number of rotatable bonds is 4. The maximum atomic E-state index is 13.8. The van der Waals surface area contributed by atoms with Crippen molar-refractivity contribution in [3.63, 3.8) is 0 Å². The molecule has 0 spiro atoms. The average Bonchev–Trinajstić information content (AvgIpc) is 2.78. The number of aliphatic hydroxyl groups is 3. The predicted octanol–water partition coefficient (Wildman–Crippen LogP) is 1.99. The van der Waals surface area contributed by atoms with Gasteiger partial charge in [-0.3, -0.25) is 14.5 Å². The molecule has 8 nitrogen and oxygen atoms in total. The van der Waals surface area contributed by atoms with Crippen LogP contribution in [0.5, 0.6) is 0 Å². The van der Waals surface area contributed by atoms with E-state index < -0.39 is 63.6 Å². The summed E-state index contributed by atoms with van der Waals surface area (Å²) in [6.07, 6.45) is 1.89. The van der Waals surface area contributed by atoms with E-state index in [9.17, 15) is 24.9 Å². The summed E-state index contributed by atoms with van der Waals surface area (Å²) in [6.45, 7) is 14.4. The molecule has 0 radical (unpaired) electrons. The van der Waals surface area contributed by atoms with Crippen LogP contribution in [-0.2, 0) is 19.1 Å². The summed E-state index contributed by atoms with van der Waals surface area (Å²) in [5.74, 6) is -1.65. The van der Waals surface area contributed by atoms with Crippen LogP contribution in [0.2, 0.25) is 0 Å². The lowest BCUT2D eigenvalue weighted by molar-refractivity contribution is -0.370. The number of esters is 1. The molecule has 35 heavy (non-hydrogen) atoms. The molecular weight excluding hydrogens is 450 g/mol. The fraction of sp³-hybridized carbons (Fsp3) is 0.852. The van der Waals surface area contributed by atoms with E-state index in [4.69, 9.17) is 9.47 Å². The van der Waals surface area contributed by atoms with E-state index in [1.165, 1.54) is 13.0 Å². The number of aliphatic hydroxyl groups excluding tert-OH is 2. The first-order chi connectivity index (χ1) is 16.2. The minimum absolute atomic E-state index is 0.112. The van der Waals surface area contributed by atoms with Gasteiger partial charge < -0.3 is 24.8 Å². The van der Waals surface area contributed by atoms with E-state index in [-0.39, 0.29) is 13.0 Å². The topological polar surface area (TPSA) is 117 Å². The van der Waals surface area contributed by atoms with Crippen LogP contribution in [0.15, 0.2) is 12.7 Å². The molecule has 0 aromatic carbocycles. The molecule has 0 aromatic heterocycles. The van der Waals surface area contributed by atoms with Crippen molar-refractivity contribution in [1.82, 2.24) is 4.90 Å². The van der Waals surface area contributed by atoms with Gasteiger partial charge in [0.25, 0.3) is 0 Å². The first kappa shape index (κ1) is 26.7. The quantitative estimate of drug-likeness (QED) is 0.402. The van der Waals surface area contributed by atoms with E-state index in [1.54, 1.807) is 13.8 Å². The normalized spacial score (nSPS) is 47.9. The maximum Gasteiger partial charge on any atom is 0.320 e. The number of ketones is 1. The number of fused-ring (bicyclic) bond motifs is 3. The summed E-state index contributed by atoms with van der Waals surface area (Å²) in [5, 5.41) is 35.5. The lowest BCUT2D eigenvalue weighted by Gasteiger charge is -2.71. The van der Waals surface area contributed by atoms with Crippen molar-refractivity contribution in [1.29, 1.82) is 0 Å². The van der Waals surface area contributed by atoms with Crippen molar-refractivity contribution in [2.24, 2.45) is 16.7 Å². The third-order valence-electron chi connectivity index (χ3n) is 9.81. The van der Waals surface area contributed by atoms with Gasteiger partial charge in [-0.1, -0.05) is 33.3 Å². The Kier molecular flexibility index (Phi) is 6.59. The van der Waals surface area contributed by atoms with Gasteiger partial charge in [-0.2, -0.15) is 0 Å². The molecule has 0 amide bonds. The Balaban J connectivity index is 1.80. The predicted molar refractivity (Wildman–Crippen MR) is 129 cm³/mol. The third-order valence-corrected chi connectivity index (χ3v) is 9.81. The Morgan fingerprint density at radius 2 is 1.80 bits per heavy atom. The van der Waals surface area contributed by atoms with E-state index in [1.807, 2.05) is 13.8 Å². The fourth-order valence-corrected chi connectivity index (χ4v) is 7.89. The van der Waals surface area contributed by atoms with Crippen LogP contribution in [0.1, 0.15) is 73.1 Å². The highest BCUT2D eigenvalue weighted by atomic mass is 16.6. The van der Waals surface area contributed by atoms with Crippen LogP contribution in [-0.4, -0.2) is 86.7 Å². The van der Waals surface area contributed by atoms with Crippen LogP contribution < -0.4 is 0 Å². The average molecular weight is 494 g/mol. The number of likely N-dealkylation sites (tertiary alicyclic amines) is 1. The van der Waals surface area contributed by atoms with Crippen LogP contribution in [0, 0.1) is 16.7 Å². The van der Waals surface area contributed by atoms with Gasteiger partial charge in [0, 0.05) is 17.8 Å². The van der Waals surface area contributed by atoms with Gasteiger partial charge in [0.15, 0.2) is 11.4 Å². The Morgan fingerprint density at radius 1 is 1.17 bits per heavy atom. The highest BCUT2D eigenvalue weighted by Gasteiger charge is 2.81. The minimum Gasteiger partial charge on any atom is -0.458 e. The zero-order chi connectivity index (χ0) is 26.0. The second kappa shape index (κ2) is 8.62. The Bertz CT molecular complexity index is 885. The van der Waals surface area contributed by atoms with Crippen molar-refractivity contribution in [2.45, 2.75) is 108 Å². The number of hydrogen-bond donors (Lipinski definition) is 3. The lowest BCUT2D eigenvalue weighted by atomic mass is 9.40. The molecule has 2 aliphatic carbocycles. The SMILES string of the molecule is C=CC1(C)CC(=O)C2(O)C(C)(O1)C(O)C(OC(=O)CN1CCCCC1)C1C(C)(C)CCC(O)C12C. The van der Waals surface area contributed by atoms with E-state index >= 15 is 0 Å². The summed E-state index contributed by atoms with van der Waals surface area (Å²) in [4.78, 5) is 29.0. The van der Waals surface area contributed by atoms with Crippen molar-refractivity contribution in [3.8, 4) is 0 Å². The molecule has 8 unspecified atom stereocenters. The third kappa shape index (κ3) is 3.74. The zero-order valence-corrected chi connectivity index (χ0v) is 21.9. The van der Waals surface area contributed by atoms with Crippen molar-refractivity contribution in [3.05, 3.63) is 12.7 Å². The first-order valence-corrected chi connectivity index (χ1v) is 13.0. The maximum absolute atomic E-state index is 13.8. The number of hydrogen-bond acceptors (Lipinski definition) is 8. The molecule has 0 bridgehead atoms. The number of piperidine rings is 1. The van der Waals surface area contributed by atoms with Gasteiger partial charge in [0.2, 0.25) is 0 Å². The smallest absolute Gasteiger partial charge is 0.320 e. The summed E-state index contributed by atoms with van der Waals surface area (Å²) < 4.78 is 12.4. The molecule has 2 saturated heterocycles. The summed E-state index contributed by atoms with van der Waals surface area (Å²) in [6, 6.07) is 0. The molecule has 198 valence electrons. The molecule has 8 atom stereocenters. The van der Waals surface area contributed by atoms with Crippen molar-refractivity contribution in [2.75, 3.05) is 19.6 Å². The Morgan fingerprint density at radius 3 is 2.40 bits per heavy atom. The first-order valence-electron chi connectivity index (χ1n) is 13.0. The van der Waals surface area contributed by atoms with Crippen molar-refractivity contribution < 1.29 is 34.4 Å². The fourth-order valence-electron chi connectivity index (χ4n) is 7.89. The molecule has 8 heteroatoms. The second-order valence-electron chi connectivity index (χ2n) is 12.6. The van der Waals surface area contributed by atoms with Crippen LogP contribution in [0.3, 0.4) is 0 Å². The standard InChI is InChI=1S/C27H43NO7/c1-7-24(4)15-18(30)27(33)25(5)17(29)11-12-23(2,3)21(25)20(22(32)26(27,6)35-24)34-19(31)16-28-13-9-8-10-14-28/h7,17,20-22,29,32-33H,1,8-16H2,2-6H3. The molecule has 4 aliphatic rings. The molecule has 2 saturated carbocycles. The summed E-state index contributed by atoms with van der Waals surface area (Å²) >= 11 is 0. The van der Waals surface area contributed by atoms with Crippen LogP contribution in [0.25, 0.3) is 0 Å². The summed E-state index contributed by atoms with van der Waals surface area (Å²) in [7, 11) is 0. The Labute approximate surface area is 208 Å². The van der Waals surface area contributed by atoms with Crippen molar-refractivity contribution >= 4 is 11.8 Å². The zero-order valence-electron chi connectivity index (χ0n) is 21.9. The molecule has 3 N–H and O–H groups in total. The highest BCUT2D eigenvalue weighted by molar-refractivity contribution is 5.92. The van der Waals surface area contributed by atoms with Crippen LogP contribution >= 0.6 is 0 Å². The summed E-state index contributed by atoms with van der Waals surface area (Å²) in [5.41, 5.74) is -7.11. The monoisotopic (exact) mass is 493 g/mol. The van der Waals surface area contributed by atoms with E-state index in [0.29, 0.717) is 12.8 Å². The van der Waals surface area contributed by atoms with Gasteiger partial charge in [0.05, 0.1) is 18.2 Å². The van der Waals surface area contributed by atoms with E-state index in [0.717, 1.165) is 32.4 Å². The molecular formula is C27H43NO7. The minimum atomic E-state index is -2.19. The van der Waals surface area contributed by atoms with Gasteiger partial charge in [-0.25, -0.2) is 0 Å². The second-order valence-corrected chi connectivity index (χ2v) is 12.6. The van der Waals surface area contributed by atoms with Gasteiger partial charge in [-0.15, -0.1) is 6.58 Å². The molecule has 4 rings (SSSR count). The Hall–Kier alpha value is -1.32. The molecule has 2 heterocycles. The number of Topliss-reactive ketones (excluding diaryl/α,β-unsaturated/α-hetero) is 1. The molecule has 2 aliphatic heterocycles. The van der Waals surface area contributed by atoms with Gasteiger partial charge in [0.1, 0.15) is 17.8 Å². The highest BCUT2D eigenvalue weighted by Crippen LogP contribution is 2.67. The number of ether oxygens (including phenoxy) is 2. The molecule has 0 aromatic rings. The number of carbonyl (C=O) groups excluding carboxylic acids is 2. The van der Waals surface area contributed by atoms with E-state index in [2.05, 4.69) is 11.5 Å². The lowest BCUT2D eigenvalue weighted by Crippen LogP contribution is -2.86. The van der Waals surface area contributed by atoms with Gasteiger partial charge in [-0.05, 0) is 58.0 Å². The number of carbonyl (C=O) groups is 2. The number of nitrogens with zero attached hydrogens (tertiary/aromatic N) is 1.